The summed E-state index contributed by atoms with van der Waals surface area (Å²) in [5.41, 5.74) is 0.698. The molecule has 0 atom stereocenters. The van der Waals surface area contributed by atoms with Gasteiger partial charge in [-0.05, 0) is 29.8 Å². The van der Waals surface area contributed by atoms with E-state index in [1.807, 2.05) is 0 Å². The minimum atomic E-state index is -4.77. The first-order chi connectivity index (χ1) is 9.85. The molecule has 0 bridgehead atoms. The molecule has 2 rings (SSSR count). The van der Waals surface area contributed by atoms with Crippen LogP contribution in [0.4, 0.5) is 23.2 Å². The van der Waals surface area contributed by atoms with Crippen LogP contribution in [0.3, 0.4) is 0 Å². The lowest BCUT2D eigenvalue weighted by Gasteiger charge is -2.14. The number of hydrogen-bond donors (Lipinski definition) is 1. The molecule has 0 heterocycles. The maximum Gasteiger partial charge on any atom is 0.573 e. The third-order valence-corrected chi connectivity index (χ3v) is 2.89. The van der Waals surface area contributed by atoms with Gasteiger partial charge in [0, 0.05) is 6.54 Å². The van der Waals surface area contributed by atoms with Crippen LogP contribution in [0.2, 0.25) is 5.02 Å². The second-order valence-electron chi connectivity index (χ2n) is 4.15. The molecule has 112 valence electrons. The molecule has 0 aliphatic heterocycles. The minimum Gasteiger partial charge on any atom is -0.404 e. The van der Waals surface area contributed by atoms with Crippen molar-refractivity contribution in [1.29, 1.82) is 0 Å². The Bertz CT molecular complexity index is 631. The van der Waals surface area contributed by atoms with Crippen LogP contribution in [0.5, 0.6) is 5.75 Å². The summed E-state index contributed by atoms with van der Waals surface area (Å²) in [5.74, 6) is -0.935. The monoisotopic (exact) mass is 319 g/mol. The Morgan fingerprint density at radius 2 is 1.81 bits per heavy atom. The predicted octanol–water partition coefficient (Wildman–Crippen LogP) is 4.99. The van der Waals surface area contributed by atoms with Gasteiger partial charge in [-0.1, -0.05) is 29.8 Å². The second kappa shape index (κ2) is 6.22. The van der Waals surface area contributed by atoms with Gasteiger partial charge in [0.2, 0.25) is 0 Å². The highest BCUT2D eigenvalue weighted by Gasteiger charge is 2.32. The summed E-state index contributed by atoms with van der Waals surface area (Å²) in [6.45, 7) is 0.131. The summed E-state index contributed by atoms with van der Waals surface area (Å²) in [4.78, 5) is 0. The fraction of sp³-hybridized carbons (Fsp3) is 0.143. The van der Waals surface area contributed by atoms with Crippen molar-refractivity contribution in [3.8, 4) is 5.75 Å². The SMILES string of the molecule is Fc1cc(CNc2ccccc2OC(F)(F)F)ccc1Cl. The fourth-order valence-electron chi connectivity index (χ4n) is 1.67. The highest BCUT2D eigenvalue weighted by atomic mass is 35.5. The van der Waals surface area contributed by atoms with Crippen molar-refractivity contribution in [3.63, 3.8) is 0 Å². The van der Waals surface area contributed by atoms with Gasteiger partial charge >= 0.3 is 6.36 Å². The van der Waals surface area contributed by atoms with Crippen LogP contribution >= 0.6 is 11.6 Å². The van der Waals surface area contributed by atoms with Crippen LogP contribution < -0.4 is 10.1 Å². The van der Waals surface area contributed by atoms with E-state index in [1.165, 1.54) is 30.3 Å². The molecule has 0 aliphatic rings. The van der Waals surface area contributed by atoms with Crippen LogP contribution in [-0.4, -0.2) is 6.36 Å². The zero-order chi connectivity index (χ0) is 15.5. The van der Waals surface area contributed by atoms with Crippen LogP contribution in [0.15, 0.2) is 42.5 Å². The molecule has 0 aliphatic carbocycles. The van der Waals surface area contributed by atoms with Crippen LogP contribution in [-0.2, 0) is 6.54 Å². The molecule has 0 amide bonds. The molecule has 0 fully saturated rings. The van der Waals surface area contributed by atoms with Crippen molar-refractivity contribution >= 4 is 17.3 Å². The van der Waals surface area contributed by atoms with E-state index in [4.69, 9.17) is 11.6 Å². The molecule has 0 unspecified atom stereocenters. The van der Waals surface area contributed by atoms with E-state index in [9.17, 15) is 17.6 Å². The molecule has 0 radical (unpaired) electrons. The molecule has 1 N–H and O–H groups in total. The molecule has 7 heteroatoms. The number of halogens is 5. The van der Waals surface area contributed by atoms with Crippen LogP contribution in [0.25, 0.3) is 0 Å². The number of ether oxygens (including phenoxy) is 1. The van der Waals surface area contributed by atoms with E-state index in [2.05, 4.69) is 10.1 Å². The van der Waals surface area contributed by atoms with Crippen LogP contribution in [0.1, 0.15) is 5.56 Å². The minimum absolute atomic E-state index is 0.0143. The number of hydrogen-bond acceptors (Lipinski definition) is 2. The standard InChI is InChI=1S/C14H10ClF4NO/c15-10-6-5-9(7-11(10)16)8-20-12-3-1-2-4-13(12)21-14(17,18)19/h1-7,20H,8H2. The second-order valence-corrected chi connectivity index (χ2v) is 4.55. The Kier molecular flexibility index (Phi) is 4.57. The molecule has 0 saturated heterocycles. The van der Waals surface area contributed by atoms with Crippen molar-refractivity contribution in [3.05, 3.63) is 58.9 Å². The van der Waals surface area contributed by atoms with Gasteiger partial charge in [-0.25, -0.2) is 4.39 Å². The number of anilines is 1. The fourth-order valence-corrected chi connectivity index (χ4v) is 1.79. The maximum atomic E-state index is 13.3. The third kappa shape index (κ3) is 4.53. The summed E-state index contributed by atoms with van der Waals surface area (Å²) < 4.78 is 54.0. The van der Waals surface area contributed by atoms with E-state index < -0.39 is 12.2 Å². The summed E-state index contributed by atoms with van der Waals surface area (Å²) in [7, 11) is 0. The van der Waals surface area contributed by atoms with Gasteiger partial charge in [0.1, 0.15) is 5.82 Å². The molecule has 2 nitrogen and oxygen atoms in total. The van der Waals surface area contributed by atoms with Crippen molar-refractivity contribution < 1.29 is 22.3 Å². The van der Waals surface area contributed by atoms with Gasteiger partial charge in [0.05, 0.1) is 10.7 Å². The van der Waals surface area contributed by atoms with Gasteiger partial charge in [-0.15, -0.1) is 13.2 Å². The summed E-state index contributed by atoms with van der Waals surface area (Å²) in [6.07, 6.45) is -4.77. The number of benzene rings is 2. The van der Waals surface area contributed by atoms with Crippen molar-refractivity contribution in [2.75, 3.05) is 5.32 Å². The largest absolute Gasteiger partial charge is 0.573 e. The molecule has 0 spiro atoms. The Balaban J connectivity index is 2.11. The highest BCUT2D eigenvalue weighted by molar-refractivity contribution is 6.30. The summed E-state index contributed by atoms with van der Waals surface area (Å²) in [5, 5.41) is 2.75. The van der Waals surface area contributed by atoms with Gasteiger partial charge in [0.25, 0.3) is 0 Å². The van der Waals surface area contributed by atoms with E-state index >= 15 is 0 Å². The lowest BCUT2D eigenvalue weighted by Crippen LogP contribution is -2.18. The predicted molar refractivity (Wildman–Crippen MR) is 71.9 cm³/mol. The topological polar surface area (TPSA) is 21.3 Å². The summed E-state index contributed by atoms with van der Waals surface area (Å²) in [6, 6.07) is 9.79. The molecule has 2 aromatic carbocycles. The van der Waals surface area contributed by atoms with Gasteiger partial charge < -0.3 is 10.1 Å². The van der Waals surface area contributed by atoms with Crippen molar-refractivity contribution in [2.45, 2.75) is 12.9 Å². The number of para-hydroxylation sites is 2. The quantitative estimate of drug-likeness (QED) is 0.802. The normalized spacial score (nSPS) is 11.3. The lowest BCUT2D eigenvalue weighted by molar-refractivity contribution is -0.274. The number of alkyl halides is 3. The van der Waals surface area contributed by atoms with E-state index in [0.717, 1.165) is 0 Å². The Labute approximate surface area is 123 Å². The average Bonchev–Trinajstić information content (AvgIpc) is 2.40. The Morgan fingerprint density at radius 1 is 1.10 bits per heavy atom. The third-order valence-electron chi connectivity index (χ3n) is 2.58. The first-order valence-corrected chi connectivity index (χ1v) is 6.25. The lowest BCUT2D eigenvalue weighted by atomic mass is 10.2. The van der Waals surface area contributed by atoms with Crippen LogP contribution in [0, 0.1) is 5.82 Å². The number of rotatable bonds is 4. The van der Waals surface area contributed by atoms with Gasteiger partial charge in [-0.3, -0.25) is 0 Å². The first-order valence-electron chi connectivity index (χ1n) is 5.88. The van der Waals surface area contributed by atoms with Crippen molar-refractivity contribution in [1.82, 2.24) is 0 Å². The zero-order valence-electron chi connectivity index (χ0n) is 10.5. The summed E-state index contributed by atoms with van der Waals surface area (Å²) >= 11 is 5.56. The van der Waals surface area contributed by atoms with Crippen molar-refractivity contribution in [2.24, 2.45) is 0 Å². The first kappa shape index (κ1) is 15.4. The number of nitrogens with one attached hydrogen (secondary N) is 1. The van der Waals surface area contributed by atoms with E-state index in [1.54, 1.807) is 12.1 Å². The highest BCUT2D eigenvalue weighted by Crippen LogP contribution is 2.30. The molecule has 21 heavy (non-hydrogen) atoms. The average molecular weight is 320 g/mol. The molecular formula is C14H10ClF4NO. The smallest absolute Gasteiger partial charge is 0.404 e. The van der Waals surface area contributed by atoms with E-state index in [0.29, 0.717) is 5.56 Å². The molecular weight excluding hydrogens is 310 g/mol. The molecule has 0 aromatic heterocycles. The van der Waals surface area contributed by atoms with Gasteiger partial charge in [-0.2, -0.15) is 0 Å². The Hall–Kier alpha value is -1.95. The molecule has 0 saturated carbocycles. The zero-order valence-corrected chi connectivity index (χ0v) is 11.3. The molecule has 2 aromatic rings. The Morgan fingerprint density at radius 3 is 2.48 bits per heavy atom. The van der Waals surface area contributed by atoms with E-state index in [-0.39, 0.29) is 23.0 Å². The van der Waals surface area contributed by atoms with Gasteiger partial charge in [0.15, 0.2) is 5.75 Å². The maximum absolute atomic E-state index is 13.3.